The highest BCUT2D eigenvalue weighted by molar-refractivity contribution is 6.05. The zero-order chi connectivity index (χ0) is 20.3. The van der Waals surface area contributed by atoms with Gasteiger partial charge in [0, 0.05) is 5.56 Å². The molecule has 8 heteroatoms. The van der Waals surface area contributed by atoms with Crippen molar-refractivity contribution in [3.63, 3.8) is 0 Å². The van der Waals surface area contributed by atoms with Gasteiger partial charge in [0.25, 0.3) is 5.91 Å². The van der Waals surface area contributed by atoms with E-state index in [4.69, 9.17) is 4.74 Å². The lowest BCUT2D eigenvalue weighted by atomic mass is 9.80. The molecule has 1 fully saturated rings. The Bertz CT molecular complexity index is 835. The Labute approximate surface area is 162 Å². The summed E-state index contributed by atoms with van der Waals surface area (Å²) in [6.45, 7) is 3.44. The molecule has 1 heterocycles. The number of benzene rings is 1. The first kappa shape index (κ1) is 19.6. The van der Waals surface area contributed by atoms with Crippen LogP contribution in [0.5, 0.6) is 0 Å². The van der Waals surface area contributed by atoms with Crippen molar-refractivity contribution >= 4 is 29.4 Å². The topological polar surface area (TPSA) is 105 Å². The predicted octanol–water partition coefficient (Wildman–Crippen LogP) is 1.33. The molecule has 2 N–H and O–H groups in total. The molecule has 3 unspecified atom stereocenters. The monoisotopic (exact) mass is 385 g/mol. The van der Waals surface area contributed by atoms with Gasteiger partial charge in [-0.2, -0.15) is 0 Å². The summed E-state index contributed by atoms with van der Waals surface area (Å²) in [4.78, 5) is 49.4. The highest BCUT2D eigenvalue weighted by Crippen LogP contribution is 2.32. The minimum Gasteiger partial charge on any atom is -0.464 e. The molecule has 0 bridgehead atoms. The van der Waals surface area contributed by atoms with E-state index in [0.29, 0.717) is 18.5 Å². The number of hydrogen-bond acceptors (Lipinski definition) is 5. The molecule has 0 spiro atoms. The van der Waals surface area contributed by atoms with Crippen LogP contribution in [0, 0.1) is 11.8 Å². The number of hydrogen-bond donors (Lipinski definition) is 2. The van der Waals surface area contributed by atoms with Crippen LogP contribution >= 0.6 is 0 Å². The van der Waals surface area contributed by atoms with Crippen molar-refractivity contribution in [2.24, 2.45) is 11.8 Å². The molecule has 3 atom stereocenters. The average molecular weight is 385 g/mol. The van der Waals surface area contributed by atoms with Crippen molar-refractivity contribution < 1.29 is 23.9 Å². The van der Waals surface area contributed by atoms with E-state index in [0.717, 1.165) is 0 Å². The third-order valence-electron chi connectivity index (χ3n) is 4.88. The Morgan fingerprint density at radius 3 is 2.68 bits per heavy atom. The first-order valence-electron chi connectivity index (χ1n) is 9.29. The molecule has 3 amide bonds. The number of hydrazine groups is 1. The number of esters is 1. The van der Waals surface area contributed by atoms with Crippen LogP contribution in [0.4, 0.5) is 5.69 Å². The maximum Gasteiger partial charge on any atom is 0.328 e. The lowest BCUT2D eigenvalue weighted by Crippen LogP contribution is -2.59. The van der Waals surface area contributed by atoms with Crippen LogP contribution in [-0.4, -0.2) is 36.3 Å². The number of allylic oxidation sites excluding steroid dienone is 2. The molecule has 0 radical (unpaired) electrons. The fourth-order valence-corrected chi connectivity index (χ4v) is 3.38. The van der Waals surface area contributed by atoms with Gasteiger partial charge < -0.3 is 10.1 Å². The Kier molecular flexibility index (Phi) is 5.77. The highest BCUT2D eigenvalue weighted by Gasteiger charge is 2.42. The van der Waals surface area contributed by atoms with E-state index in [1.165, 1.54) is 18.0 Å². The largest absolute Gasteiger partial charge is 0.464 e. The van der Waals surface area contributed by atoms with Crippen molar-refractivity contribution in [3.05, 3.63) is 42.0 Å². The van der Waals surface area contributed by atoms with Gasteiger partial charge in [0.2, 0.25) is 11.8 Å². The molecule has 1 aliphatic heterocycles. The third kappa shape index (κ3) is 3.90. The van der Waals surface area contributed by atoms with Gasteiger partial charge >= 0.3 is 5.97 Å². The van der Waals surface area contributed by atoms with Gasteiger partial charge in [-0.1, -0.05) is 18.2 Å². The maximum atomic E-state index is 12.8. The Morgan fingerprint density at radius 2 is 1.96 bits per heavy atom. The molecule has 0 aromatic heterocycles. The molecule has 148 valence electrons. The molecule has 2 aliphatic rings. The standard InChI is InChI=1S/C20H23N3O5/c1-3-28-20(27)12(2)21-17(24)13-7-6-8-14(11-13)23-19(26)16-10-5-4-9-15(16)18(25)22-23/h4-8,11-12,15-16H,3,9-10H2,1-2H3,(H,21,24)(H,22,25). The third-order valence-corrected chi connectivity index (χ3v) is 4.88. The van der Waals surface area contributed by atoms with Crippen LogP contribution in [0.3, 0.4) is 0 Å². The summed E-state index contributed by atoms with van der Waals surface area (Å²) < 4.78 is 4.88. The molecule has 0 saturated carbocycles. The number of anilines is 1. The minimum atomic E-state index is -0.804. The van der Waals surface area contributed by atoms with Crippen molar-refractivity contribution in [1.29, 1.82) is 0 Å². The molecule has 3 rings (SSSR count). The Hall–Kier alpha value is -3.16. The Balaban J connectivity index is 1.76. The van der Waals surface area contributed by atoms with Crippen LogP contribution in [0.1, 0.15) is 37.0 Å². The van der Waals surface area contributed by atoms with Gasteiger partial charge in [0.05, 0.1) is 24.1 Å². The number of ether oxygens (including phenoxy) is 1. The Morgan fingerprint density at radius 1 is 1.25 bits per heavy atom. The van der Waals surface area contributed by atoms with Gasteiger partial charge in [0.1, 0.15) is 6.04 Å². The van der Waals surface area contributed by atoms with E-state index < -0.39 is 23.8 Å². The van der Waals surface area contributed by atoms with E-state index in [1.54, 1.807) is 25.1 Å². The number of nitrogens with zero attached hydrogens (tertiary/aromatic N) is 1. The van der Waals surface area contributed by atoms with Crippen molar-refractivity contribution in [2.45, 2.75) is 32.7 Å². The molecule has 28 heavy (non-hydrogen) atoms. The first-order valence-corrected chi connectivity index (χ1v) is 9.29. The smallest absolute Gasteiger partial charge is 0.328 e. The fraction of sp³-hybridized carbons (Fsp3) is 0.400. The van der Waals surface area contributed by atoms with Crippen molar-refractivity contribution in [2.75, 3.05) is 11.6 Å². The minimum absolute atomic E-state index is 0.202. The average Bonchev–Trinajstić information content (AvgIpc) is 2.71. The van der Waals surface area contributed by atoms with Gasteiger partial charge in [-0.3, -0.25) is 19.8 Å². The molecular formula is C20H23N3O5. The first-order chi connectivity index (χ1) is 13.4. The highest BCUT2D eigenvalue weighted by atomic mass is 16.5. The fourth-order valence-electron chi connectivity index (χ4n) is 3.38. The number of carbonyl (C=O) groups is 4. The normalized spacial score (nSPS) is 22.1. The van der Waals surface area contributed by atoms with E-state index >= 15 is 0 Å². The zero-order valence-electron chi connectivity index (χ0n) is 15.8. The lowest BCUT2D eigenvalue weighted by molar-refractivity contribution is -0.144. The van der Waals surface area contributed by atoms with Gasteiger partial charge in [-0.05, 0) is 44.9 Å². The molecule has 8 nitrogen and oxygen atoms in total. The quantitative estimate of drug-likeness (QED) is 0.588. The second-order valence-electron chi connectivity index (χ2n) is 6.80. The second kappa shape index (κ2) is 8.24. The number of rotatable bonds is 5. The van der Waals surface area contributed by atoms with Gasteiger partial charge in [-0.15, -0.1) is 0 Å². The summed E-state index contributed by atoms with van der Waals surface area (Å²) in [5.74, 6) is -2.17. The summed E-state index contributed by atoms with van der Waals surface area (Å²) in [5.41, 5.74) is 3.29. The van der Waals surface area contributed by atoms with Crippen LogP contribution in [-0.2, 0) is 19.1 Å². The lowest BCUT2D eigenvalue weighted by Gasteiger charge is -2.38. The maximum absolute atomic E-state index is 12.8. The summed E-state index contributed by atoms with van der Waals surface area (Å²) in [6, 6.07) is 5.53. The molecular weight excluding hydrogens is 362 g/mol. The number of fused-ring (bicyclic) bond motifs is 1. The van der Waals surface area contributed by atoms with Crippen LogP contribution in [0.15, 0.2) is 36.4 Å². The van der Waals surface area contributed by atoms with Crippen molar-refractivity contribution in [3.8, 4) is 0 Å². The van der Waals surface area contributed by atoms with Crippen LogP contribution in [0.25, 0.3) is 0 Å². The number of carbonyl (C=O) groups excluding carboxylic acids is 4. The summed E-state index contributed by atoms with van der Waals surface area (Å²) in [5, 5.41) is 3.77. The molecule has 1 aromatic carbocycles. The van der Waals surface area contributed by atoms with Gasteiger partial charge in [0.15, 0.2) is 0 Å². The van der Waals surface area contributed by atoms with E-state index in [-0.39, 0.29) is 29.9 Å². The van der Waals surface area contributed by atoms with Crippen LogP contribution < -0.4 is 15.8 Å². The second-order valence-corrected chi connectivity index (χ2v) is 6.80. The molecule has 1 aliphatic carbocycles. The van der Waals surface area contributed by atoms with E-state index in [2.05, 4.69) is 10.7 Å². The predicted molar refractivity (Wildman–Crippen MR) is 101 cm³/mol. The molecule has 1 saturated heterocycles. The van der Waals surface area contributed by atoms with Crippen LogP contribution in [0.2, 0.25) is 0 Å². The van der Waals surface area contributed by atoms with E-state index in [9.17, 15) is 19.2 Å². The number of nitrogens with one attached hydrogen (secondary N) is 2. The van der Waals surface area contributed by atoms with E-state index in [1.807, 2.05) is 12.2 Å². The number of amides is 3. The summed E-state index contributed by atoms with van der Waals surface area (Å²) >= 11 is 0. The molecule has 1 aromatic rings. The summed E-state index contributed by atoms with van der Waals surface area (Å²) in [6.07, 6.45) is 4.89. The summed E-state index contributed by atoms with van der Waals surface area (Å²) in [7, 11) is 0. The van der Waals surface area contributed by atoms with Crippen molar-refractivity contribution in [1.82, 2.24) is 10.7 Å². The SMILES string of the molecule is CCOC(=O)C(C)NC(=O)c1cccc(N2NC(=O)C3CC=CCC3C2=O)c1. The van der Waals surface area contributed by atoms with Gasteiger partial charge in [-0.25, -0.2) is 9.80 Å². The zero-order valence-corrected chi connectivity index (χ0v) is 15.8.